The van der Waals surface area contributed by atoms with Crippen molar-refractivity contribution in [2.24, 2.45) is 5.41 Å². The monoisotopic (exact) mass is 217 g/mol. The van der Waals surface area contributed by atoms with Gasteiger partial charge in [0, 0.05) is 13.2 Å². The second-order valence-electron chi connectivity index (χ2n) is 5.41. The second kappa shape index (κ2) is 8.08. The van der Waals surface area contributed by atoms with Gasteiger partial charge < -0.3 is 15.5 Å². The first-order chi connectivity index (χ1) is 6.95. The molecule has 1 atom stereocenters. The first-order valence-corrected chi connectivity index (χ1v) is 5.95. The van der Waals surface area contributed by atoms with Crippen LogP contribution in [0, 0.1) is 5.41 Å². The van der Waals surface area contributed by atoms with E-state index >= 15 is 0 Å². The van der Waals surface area contributed by atoms with Crippen LogP contribution in [-0.2, 0) is 0 Å². The lowest BCUT2D eigenvalue weighted by atomic mass is 9.89. The molecule has 0 fully saturated rings. The highest BCUT2D eigenvalue weighted by Crippen LogP contribution is 2.20. The number of nitrogens with one attached hydrogen (secondary N) is 1. The molecule has 92 valence electrons. The molecule has 0 aliphatic carbocycles. The number of hydrogen-bond donors (Lipinski definition) is 3. The molecule has 0 aromatic rings. The minimum atomic E-state index is -0.247. The summed E-state index contributed by atoms with van der Waals surface area (Å²) in [5.74, 6) is 0. The summed E-state index contributed by atoms with van der Waals surface area (Å²) in [6, 6.07) is 0. The fraction of sp³-hybridized carbons (Fsp3) is 1.00. The fourth-order valence-corrected chi connectivity index (χ4v) is 1.59. The Balaban J connectivity index is 3.28. The zero-order chi connectivity index (χ0) is 11.7. The smallest absolute Gasteiger partial charge is 0.0669 e. The average Bonchev–Trinajstić information content (AvgIpc) is 2.08. The van der Waals surface area contributed by atoms with Gasteiger partial charge in [-0.25, -0.2) is 0 Å². The van der Waals surface area contributed by atoms with E-state index < -0.39 is 0 Å². The molecule has 1 unspecified atom stereocenters. The number of unbranched alkanes of at least 4 members (excludes halogenated alkanes) is 2. The summed E-state index contributed by atoms with van der Waals surface area (Å²) >= 11 is 0. The maximum Gasteiger partial charge on any atom is 0.0669 e. The van der Waals surface area contributed by atoms with Crippen LogP contribution in [0.5, 0.6) is 0 Å². The molecule has 0 spiro atoms. The topological polar surface area (TPSA) is 52.5 Å². The lowest BCUT2D eigenvalue weighted by Crippen LogP contribution is -2.30. The van der Waals surface area contributed by atoms with Gasteiger partial charge in [0.15, 0.2) is 0 Å². The Hall–Kier alpha value is -0.120. The molecule has 0 aromatic heterocycles. The van der Waals surface area contributed by atoms with E-state index in [0.717, 1.165) is 32.2 Å². The molecule has 0 rings (SSSR count). The Bertz CT molecular complexity index is 143. The molecule has 0 aliphatic heterocycles. The first-order valence-electron chi connectivity index (χ1n) is 5.95. The van der Waals surface area contributed by atoms with Gasteiger partial charge in [-0.05, 0) is 37.6 Å². The normalized spacial score (nSPS) is 14.2. The predicted molar refractivity (Wildman–Crippen MR) is 63.9 cm³/mol. The van der Waals surface area contributed by atoms with Crippen molar-refractivity contribution in [3.63, 3.8) is 0 Å². The van der Waals surface area contributed by atoms with Crippen LogP contribution in [-0.4, -0.2) is 36.0 Å². The van der Waals surface area contributed by atoms with Gasteiger partial charge in [-0.3, -0.25) is 0 Å². The molecule has 3 nitrogen and oxygen atoms in total. The van der Waals surface area contributed by atoms with E-state index in [1.165, 1.54) is 0 Å². The summed E-state index contributed by atoms with van der Waals surface area (Å²) in [5.41, 5.74) is 0.192. The number of aliphatic hydroxyl groups is 2. The van der Waals surface area contributed by atoms with Crippen LogP contribution in [0.1, 0.15) is 46.5 Å². The van der Waals surface area contributed by atoms with Crippen molar-refractivity contribution in [2.75, 3.05) is 19.7 Å². The van der Waals surface area contributed by atoms with Gasteiger partial charge in [-0.2, -0.15) is 0 Å². The number of aliphatic hydroxyl groups excluding tert-OH is 2. The Kier molecular flexibility index (Phi) is 8.02. The van der Waals surface area contributed by atoms with Crippen LogP contribution in [0.2, 0.25) is 0 Å². The van der Waals surface area contributed by atoms with Crippen LogP contribution in [0.4, 0.5) is 0 Å². The lowest BCUT2D eigenvalue weighted by Gasteiger charge is -2.22. The molecular weight excluding hydrogens is 190 g/mol. The standard InChI is InChI=1S/C12H27NO2/c1-12(2,3)9-11(15)10-13-7-5-4-6-8-14/h11,13-15H,4-10H2,1-3H3. The van der Waals surface area contributed by atoms with E-state index in [0.29, 0.717) is 6.54 Å². The lowest BCUT2D eigenvalue weighted by molar-refractivity contribution is 0.119. The molecule has 15 heavy (non-hydrogen) atoms. The average molecular weight is 217 g/mol. The zero-order valence-electron chi connectivity index (χ0n) is 10.4. The molecule has 0 saturated heterocycles. The van der Waals surface area contributed by atoms with Crippen LogP contribution in [0.25, 0.3) is 0 Å². The van der Waals surface area contributed by atoms with Gasteiger partial charge in [-0.15, -0.1) is 0 Å². The maximum absolute atomic E-state index is 9.68. The molecule has 0 amide bonds. The van der Waals surface area contributed by atoms with E-state index in [-0.39, 0.29) is 18.1 Å². The van der Waals surface area contributed by atoms with E-state index in [1.54, 1.807) is 0 Å². The molecule has 0 heterocycles. The Morgan fingerprint density at radius 3 is 2.33 bits per heavy atom. The molecule has 3 heteroatoms. The van der Waals surface area contributed by atoms with Crippen molar-refractivity contribution in [3.8, 4) is 0 Å². The fourth-order valence-electron chi connectivity index (χ4n) is 1.59. The van der Waals surface area contributed by atoms with Crippen LogP contribution in [0.3, 0.4) is 0 Å². The van der Waals surface area contributed by atoms with Gasteiger partial charge in [0.05, 0.1) is 6.10 Å². The van der Waals surface area contributed by atoms with Gasteiger partial charge >= 0.3 is 0 Å². The molecule has 0 radical (unpaired) electrons. The predicted octanol–water partition coefficient (Wildman–Crippen LogP) is 1.54. The van der Waals surface area contributed by atoms with Crippen molar-refractivity contribution in [1.29, 1.82) is 0 Å². The molecule has 3 N–H and O–H groups in total. The summed E-state index contributed by atoms with van der Waals surface area (Å²) in [6.45, 7) is 8.30. The van der Waals surface area contributed by atoms with Gasteiger partial charge in [0.1, 0.15) is 0 Å². The van der Waals surface area contributed by atoms with Crippen LogP contribution in [0.15, 0.2) is 0 Å². The quantitative estimate of drug-likeness (QED) is 0.541. The third kappa shape index (κ3) is 11.8. The summed E-state index contributed by atoms with van der Waals surface area (Å²) < 4.78 is 0. The maximum atomic E-state index is 9.68. The second-order valence-corrected chi connectivity index (χ2v) is 5.41. The van der Waals surface area contributed by atoms with E-state index in [2.05, 4.69) is 26.1 Å². The highest BCUT2D eigenvalue weighted by molar-refractivity contribution is 4.69. The van der Waals surface area contributed by atoms with Crippen molar-refractivity contribution in [1.82, 2.24) is 5.32 Å². The van der Waals surface area contributed by atoms with E-state index in [9.17, 15) is 5.11 Å². The summed E-state index contributed by atoms with van der Waals surface area (Å²) in [4.78, 5) is 0. The highest BCUT2D eigenvalue weighted by atomic mass is 16.3. The molecule has 0 aromatic carbocycles. The summed E-state index contributed by atoms with van der Waals surface area (Å²) in [7, 11) is 0. The molecular formula is C12H27NO2. The van der Waals surface area contributed by atoms with Crippen molar-refractivity contribution in [2.45, 2.75) is 52.6 Å². The third-order valence-electron chi connectivity index (χ3n) is 2.24. The largest absolute Gasteiger partial charge is 0.396 e. The SMILES string of the molecule is CC(C)(C)CC(O)CNCCCCCO. The van der Waals surface area contributed by atoms with Gasteiger partial charge in [0.25, 0.3) is 0 Å². The number of rotatable bonds is 8. The Morgan fingerprint density at radius 2 is 1.80 bits per heavy atom. The number of hydrogen-bond acceptors (Lipinski definition) is 3. The van der Waals surface area contributed by atoms with Gasteiger partial charge in [0.2, 0.25) is 0 Å². The molecule has 0 aliphatic rings. The molecule has 0 saturated carbocycles. The summed E-state index contributed by atoms with van der Waals surface area (Å²) in [6.07, 6.45) is 3.59. The van der Waals surface area contributed by atoms with Gasteiger partial charge in [-0.1, -0.05) is 20.8 Å². The first kappa shape index (κ1) is 14.9. The summed E-state index contributed by atoms with van der Waals surface area (Å²) in [5, 5.41) is 21.5. The van der Waals surface area contributed by atoms with Crippen LogP contribution >= 0.6 is 0 Å². The van der Waals surface area contributed by atoms with Crippen molar-refractivity contribution < 1.29 is 10.2 Å². The minimum absolute atomic E-state index is 0.192. The van der Waals surface area contributed by atoms with E-state index in [1.807, 2.05) is 0 Å². The zero-order valence-corrected chi connectivity index (χ0v) is 10.4. The Morgan fingerprint density at radius 1 is 1.13 bits per heavy atom. The minimum Gasteiger partial charge on any atom is -0.396 e. The Labute approximate surface area is 93.9 Å². The van der Waals surface area contributed by atoms with E-state index in [4.69, 9.17) is 5.11 Å². The third-order valence-corrected chi connectivity index (χ3v) is 2.24. The van der Waals surface area contributed by atoms with Crippen molar-refractivity contribution >= 4 is 0 Å². The highest BCUT2D eigenvalue weighted by Gasteiger charge is 2.15. The van der Waals surface area contributed by atoms with Crippen molar-refractivity contribution in [3.05, 3.63) is 0 Å². The van der Waals surface area contributed by atoms with Crippen LogP contribution < -0.4 is 5.32 Å². The molecule has 0 bridgehead atoms.